The summed E-state index contributed by atoms with van der Waals surface area (Å²) in [5.41, 5.74) is 0. The zero-order valence-electron chi connectivity index (χ0n) is 7.79. The number of thioether (sulfide) groups is 1. The molecule has 0 aliphatic rings. The summed E-state index contributed by atoms with van der Waals surface area (Å²) >= 11 is 7.68. The van der Waals surface area contributed by atoms with E-state index in [1.807, 2.05) is 6.26 Å². The van der Waals surface area contributed by atoms with Crippen molar-refractivity contribution in [1.82, 2.24) is 10.1 Å². The van der Waals surface area contributed by atoms with Gasteiger partial charge in [0.25, 0.3) is 0 Å². The summed E-state index contributed by atoms with van der Waals surface area (Å²) in [4.78, 5) is 4.19. The quantitative estimate of drug-likeness (QED) is 0.716. The lowest BCUT2D eigenvalue weighted by Gasteiger charge is -1.99. The second-order valence-corrected chi connectivity index (χ2v) is 4.13. The van der Waals surface area contributed by atoms with Crippen LogP contribution in [0.1, 0.15) is 36.9 Å². The van der Waals surface area contributed by atoms with E-state index in [0.717, 1.165) is 18.6 Å². The van der Waals surface area contributed by atoms with Gasteiger partial charge in [0.15, 0.2) is 5.82 Å². The molecule has 0 amide bonds. The number of nitrogens with zero attached hydrogens (tertiary/aromatic N) is 2. The van der Waals surface area contributed by atoms with E-state index in [1.165, 1.54) is 0 Å². The normalized spacial score (nSPS) is 13.2. The summed E-state index contributed by atoms with van der Waals surface area (Å²) in [6, 6.07) is 0. The minimum atomic E-state index is -0.107. The Morgan fingerprint density at radius 2 is 2.38 bits per heavy atom. The first-order valence-electron chi connectivity index (χ1n) is 4.23. The molecule has 1 aromatic rings. The van der Waals surface area contributed by atoms with Crippen LogP contribution in [-0.4, -0.2) is 16.4 Å². The Kier molecular flexibility index (Phi) is 4.59. The van der Waals surface area contributed by atoms with Gasteiger partial charge in [0, 0.05) is 0 Å². The zero-order chi connectivity index (χ0) is 9.68. The van der Waals surface area contributed by atoms with Crippen LogP contribution in [0.5, 0.6) is 0 Å². The lowest BCUT2D eigenvalue weighted by molar-refractivity contribution is 0.384. The molecule has 0 spiro atoms. The summed E-state index contributed by atoms with van der Waals surface area (Å²) in [6.07, 6.45) is 3.91. The summed E-state index contributed by atoms with van der Waals surface area (Å²) in [6.45, 7) is 2.08. The second-order valence-electron chi connectivity index (χ2n) is 2.74. The van der Waals surface area contributed by atoms with Crippen molar-refractivity contribution in [1.29, 1.82) is 0 Å². The van der Waals surface area contributed by atoms with E-state index in [1.54, 1.807) is 11.8 Å². The average Bonchev–Trinajstić information content (AvgIpc) is 2.54. The third-order valence-electron chi connectivity index (χ3n) is 1.57. The Hall–Kier alpha value is -0.220. The van der Waals surface area contributed by atoms with E-state index < -0.39 is 0 Å². The predicted molar refractivity (Wildman–Crippen MR) is 55.0 cm³/mol. The molecule has 5 heteroatoms. The van der Waals surface area contributed by atoms with Gasteiger partial charge in [-0.05, 0) is 12.7 Å². The van der Waals surface area contributed by atoms with E-state index in [-0.39, 0.29) is 5.38 Å². The molecular formula is C8H13ClN2OS. The van der Waals surface area contributed by atoms with Crippen LogP contribution in [-0.2, 0) is 5.75 Å². The summed E-state index contributed by atoms with van der Waals surface area (Å²) in [5, 5.41) is 3.71. The van der Waals surface area contributed by atoms with Crippen molar-refractivity contribution in [2.75, 3.05) is 6.26 Å². The van der Waals surface area contributed by atoms with Gasteiger partial charge in [0.1, 0.15) is 0 Å². The highest BCUT2D eigenvalue weighted by Crippen LogP contribution is 2.23. The average molecular weight is 221 g/mol. The summed E-state index contributed by atoms with van der Waals surface area (Å²) < 4.78 is 5.01. The molecule has 0 bridgehead atoms. The maximum absolute atomic E-state index is 6.03. The third-order valence-corrected chi connectivity index (χ3v) is 2.52. The lowest BCUT2D eigenvalue weighted by Crippen LogP contribution is -1.92. The Morgan fingerprint density at radius 1 is 1.62 bits per heavy atom. The molecule has 0 aliphatic carbocycles. The molecule has 1 heterocycles. The second kappa shape index (κ2) is 5.50. The first-order chi connectivity index (χ1) is 6.27. The minimum absolute atomic E-state index is 0.107. The number of hydrogen-bond acceptors (Lipinski definition) is 4. The molecule has 0 aromatic carbocycles. The van der Waals surface area contributed by atoms with Crippen molar-refractivity contribution < 1.29 is 4.52 Å². The molecule has 0 radical (unpaired) electrons. The molecule has 0 aliphatic heterocycles. The molecule has 1 rings (SSSR count). The topological polar surface area (TPSA) is 38.9 Å². The number of hydrogen-bond donors (Lipinski definition) is 0. The Bertz CT molecular complexity index is 254. The minimum Gasteiger partial charge on any atom is -0.338 e. The number of halogens is 1. The van der Waals surface area contributed by atoms with E-state index in [2.05, 4.69) is 17.1 Å². The molecule has 0 fully saturated rings. The van der Waals surface area contributed by atoms with Crippen molar-refractivity contribution in [3.05, 3.63) is 11.7 Å². The molecule has 74 valence electrons. The highest BCUT2D eigenvalue weighted by atomic mass is 35.5. The fourth-order valence-electron chi connectivity index (χ4n) is 0.960. The van der Waals surface area contributed by atoms with Crippen LogP contribution in [0.4, 0.5) is 0 Å². The van der Waals surface area contributed by atoms with Gasteiger partial charge in [-0.2, -0.15) is 16.7 Å². The molecule has 1 atom stereocenters. The van der Waals surface area contributed by atoms with Crippen LogP contribution in [0, 0.1) is 0 Å². The monoisotopic (exact) mass is 220 g/mol. The van der Waals surface area contributed by atoms with E-state index in [0.29, 0.717) is 11.7 Å². The predicted octanol–water partition coefficient (Wildman–Crippen LogP) is 3.01. The Labute approximate surface area is 87.2 Å². The van der Waals surface area contributed by atoms with Crippen LogP contribution < -0.4 is 0 Å². The van der Waals surface area contributed by atoms with Gasteiger partial charge in [-0.1, -0.05) is 18.5 Å². The smallest absolute Gasteiger partial charge is 0.236 e. The van der Waals surface area contributed by atoms with Crippen molar-refractivity contribution in [3.8, 4) is 0 Å². The van der Waals surface area contributed by atoms with Crippen LogP contribution in [0.3, 0.4) is 0 Å². The largest absolute Gasteiger partial charge is 0.338 e. The van der Waals surface area contributed by atoms with Gasteiger partial charge in [0.2, 0.25) is 5.89 Å². The maximum atomic E-state index is 6.03. The van der Waals surface area contributed by atoms with E-state index in [4.69, 9.17) is 16.1 Å². The van der Waals surface area contributed by atoms with Gasteiger partial charge in [-0.25, -0.2) is 0 Å². The van der Waals surface area contributed by atoms with Crippen molar-refractivity contribution in [3.63, 3.8) is 0 Å². The first kappa shape index (κ1) is 10.9. The fraction of sp³-hybridized carbons (Fsp3) is 0.750. The number of alkyl halides is 1. The van der Waals surface area contributed by atoms with Gasteiger partial charge in [-0.15, -0.1) is 11.6 Å². The van der Waals surface area contributed by atoms with Gasteiger partial charge in [-0.3, -0.25) is 0 Å². The Balaban J connectivity index is 2.56. The van der Waals surface area contributed by atoms with Crippen LogP contribution in [0.25, 0.3) is 0 Å². The van der Waals surface area contributed by atoms with Gasteiger partial charge in [0.05, 0.1) is 11.1 Å². The lowest BCUT2D eigenvalue weighted by atomic mass is 10.2. The molecule has 0 saturated carbocycles. The highest BCUT2D eigenvalue weighted by molar-refractivity contribution is 7.97. The number of aromatic nitrogens is 2. The van der Waals surface area contributed by atoms with E-state index in [9.17, 15) is 0 Å². The molecule has 1 aromatic heterocycles. The van der Waals surface area contributed by atoms with E-state index >= 15 is 0 Å². The van der Waals surface area contributed by atoms with Crippen LogP contribution in [0.15, 0.2) is 4.52 Å². The Morgan fingerprint density at radius 3 is 3.00 bits per heavy atom. The van der Waals surface area contributed by atoms with Crippen molar-refractivity contribution >= 4 is 23.4 Å². The molecule has 1 unspecified atom stereocenters. The van der Waals surface area contributed by atoms with Crippen LogP contribution >= 0.6 is 23.4 Å². The highest BCUT2D eigenvalue weighted by Gasteiger charge is 2.14. The third kappa shape index (κ3) is 3.19. The van der Waals surface area contributed by atoms with Crippen LogP contribution in [0.2, 0.25) is 0 Å². The SMILES string of the molecule is CCCC(Cl)c1noc(CSC)n1. The molecule has 0 saturated heterocycles. The van der Waals surface area contributed by atoms with Gasteiger partial charge < -0.3 is 4.52 Å². The zero-order valence-corrected chi connectivity index (χ0v) is 9.36. The summed E-state index contributed by atoms with van der Waals surface area (Å²) in [7, 11) is 0. The van der Waals surface area contributed by atoms with Gasteiger partial charge >= 0.3 is 0 Å². The fourth-order valence-corrected chi connectivity index (χ4v) is 1.63. The molecule has 13 heavy (non-hydrogen) atoms. The first-order valence-corrected chi connectivity index (χ1v) is 6.06. The van der Waals surface area contributed by atoms with Crippen molar-refractivity contribution in [2.45, 2.75) is 30.9 Å². The van der Waals surface area contributed by atoms with Crippen molar-refractivity contribution in [2.24, 2.45) is 0 Å². The maximum Gasteiger partial charge on any atom is 0.236 e. The standard InChI is InChI=1S/C8H13ClN2OS/c1-3-4-6(9)8-10-7(5-13-2)12-11-8/h6H,3-5H2,1-2H3. The molecular weight excluding hydrogens is 208 g/mol. The summed E-state index contributed by atoms with van der Waals surface area (Å²) in [5.74, 6) is 2.03. The number of rotatable bonds is 5. The molecule has 0 N–H and O–H groups in total. The molecule has 3 nitrogen and oxygen atoms in total.